The minimum Gasteiger partial charge on any atom is -0.379 e. The zero-order chi connectivity index (χ0) is 20.9. The van der Waals surface area contributed by atoms with Crippen molar-refractivity contribution in [1.29, 1.82) is 0 Å². The van der Waals surface area contributed by atoms with Gasteiger partial charge in [0.15, 0.2) is 0 Å². The van der Waals surface area contributed by atoms with Gasteiger partial charge in [0.1, 0.15) is 6.04 Å². The van der Waals surface area contributed by atoms with Gasteiger partial charge in [0.25, 0.3) is 0 Å². The van der Waals surface area contributed by atoms with Crippen molar-refractivity contribution in [3.8, 4) is 0 Å². The summed E-state index contributed by atoms with van der Waals surface area (Å²) in [5, 5.41) is 5.98. The van der Waals surface area contributed by atoms with Crippen molar-refractivity contribution in [2.75, 3.05) is 36.9 Å². The summed E-state index contributed by atoms with van der Waals surface area (Å²) in [5.41, 5.74) is 2.66. The third-order valence-electron chi connectivity index (χ3n) is 4.87. The van der Waals surface area contributed by atoms with Gasteiger partial charge in [0.2, 0.25) is 15.9 Å². The lowest BCUT2D eigenvalue weighted by atomic mass is 10.1. The molecule has 0 spiro atoms. The average molecular weight is 418 g/mol. The molecule has 0 radical (unpaired) electrons. The molecule has 8 heteroatoms. The first kappa shape index (κ1) is 21.3. The van der Waals surface area contributed by atoms with E-state index in [1.54, 1.807) is 19.1 Å². The number of benzene rings is 2. The number of sulfonamides is 1. The number of rotatable bonds is 7. The lowest BCUT2D eigenvalue weighted by Gasteiger charge is -2.26. The number of ether oxygens (including phenoxy) is 1. The summed E-state index contributed by atoms with van der Waals surface area (Å²) >= 11 is 0. The smallest absolute Gasteiger partial charge is 0.246 e. The highest BCUT2D eigenvalue weighted by Crippen LogP contribution is 2.20. The van der Waals surface area contributed by atoms with Crippen molar-refractivity contribution in [2.45, 2.75) is 31.2 Å². The molecular weight excluding hydrogens is 390 g/mol. The van der Waals surface area contributed by atoms with Crippen LogP contribution < -0.4 is 10.6 Å². The van der Waals surface area contributed by atoms with E-state index in [4.69, 9.17) is 4.74 Å². The maximum atomic E-state index is 12.7. The summed E-state index contributed by atoms with van der Waals surface area (Å²) in [5.74, 6) is -0.201. The molecule has 1 fully saturated rings. The number of aryl methyl sites for hydroxylation is 1. The lowest BCUT2D eigenvalue weighted by Crippen LogP contribution is -2.40. The molecule has 0 aliphatic carbocycles. The van der Waals surface area contributed by atoms with E-state index in [1.165, 1.54) is 22.0 Å². The van der Waals surface area contributed by atoms with Gasteiger partial charge in [-0.15, -0.1) is 0 Å². The third-order valence-corrected chi connectivity index (χ3v) is 6.78. The maximum absolute atomic E-state index is 12.7. The van der Waals surface area contributed by atoms with Crippen LogP contribution in [-0.4, -0.2) is 51.0 Å². The second kappa shape index (κ2) is 9.39. The van der Waals surface area contributed by atoms with Gasteiger partial charge in [0.05, 0.1) is 18.1 Å². The fourth-order valence-electron chi connectivity index (χ4n) is 3.05. The molecule has 0 saturated carbocycles. The fraction of sp³-hybridized carbons (Fsp3) is 0.381. The molecule has 1 aliphatic rings. The van der Waals surface area contributed by atoms with E-state index in [2.05, 4.69) is 17.6 Å². The second-order valence-corrected chi connectivity index (χ2v) is 8.88. The Morgan fingerprint density at radius 3 is 2.21 bits per heavy atom. The Bertz CT molecular complexity index is 921. The molecule has 0 bridgehead atoms. The number of carbonyl (C=O) groups is 1. The van der Waals surface area contributed by atoms with Crippen molar-refractivity contribution in [1.82, 2.24) is 4.31 Å². The largest absolute Gasteiger partial charge is 0.379 e. The van der Waals surface area contributed by atoms with E-state index in [9.17, 15) is 13.2 Å². The van der Waals surface area contributed by atoms with Crippen molar-refractivity contribution in [3.63, 3.8) is 0 Å². The molecule has 7 nitrogen and oxygen atoms in total. The maximum Gasteiger partial charge on any atom is 0.246 e. The molecule has 2 aromatic carbocycles. The first-order chi connectivity index (χ1) is 13.9. The van der Waals surface area contributed by atoms with E-state index in [1.807, 2.05) is 24.3 Å². The van der Waals surface area contributed by atoms with Crippen molar-refractivity contribution in [3.05, 3.63) is 54.1 Å². The molecular formula is C21H27N3O4S. The number of nitrogens with one attached hydrogen (secondary N) is 2. The SMILES string of the molecule is CCc1ccc(N[C@H](C)C(=O)Nc2ccc(S(=O)(=O)N3CCOCC3)cc2)cc1. The topological polar surface area (TPSA) is 87.7 Å². The number of hydrogen-bond acceptors (Lipinski definition) is 5. The summed E-state index contributed by atoms with van der Waals surface area (Å²) < 4.78 is 31.9. The van der Waals surface area contributed by atoms with Gasteiger partial charge in [-0.2, -0.15) is 4.31 Å². The summed E-state index contributed by atoms with van der Waals surface area (Å²) in [6.45, 7) is 5.38. The van der Waals surface area contributed by atoms with Gasteiger partial charge in [0, 0.05) is 24.5 Å². The fourth-order valence-corrected chi connectivity index (χ4v) is 4.46. The van der Waals surface area contributed by atoms with Crippen LogP contribution in [0.25, 0.3) is 0 Å². The normalized spacial score (nSPS) is 16.2. The predicted molar refractivity (Wildman–Crippen MR) is 114 cm³/mol. The number of morpholine rings is 1. The van der Waals surface area contributed by atoms with E-state index in [-0.39, 0.29) is 10.8 Å². The van der Waals surface area contributed by atoms with E-state index >= 15 is 0 Å². The molecule has 0 unspecified atom stereocenters. The molecule has 2 N–H and O–H groups in total. The van der Waals surface area contributed by atoms with Gasteiger partial charge in [-0.3, -0.25) is 4.79 Å². The Kier molecular flexibility index (Phi) is 6.89. The Morgan fingerprint density at radius 1 is 1.03 bits per heavy atom. The Morgan fingerprint density at radius 2 is 1.62 bits per heavy atom. The van der Waals surface area contributed by atoms with Gasteiger partial charge in [-0.05, 0) is 55.3 Å². The first-order valence-corrected chi connectivity index (χ1v) is 11.2. The molecule has 1 saturated heterocycles. The van der Waals surface area contributed by atoms with Crippen LogP contribution in [0.3, 0.4) is 0 Å². The van der Waals surface area contributed by atoms with E-state index in [0.717, 1.165) is 12.1 Å². The van der Waals surface area contributed by atoms with Crippen molar-refractivity contribution >= 4 is 27.3 Å². The van der Waals surface area contributed by atoms with E-state index in [0.29, 0.717) is 32.0 Å². The molecule has 29 heavy (non-hydrogen) atoms. The van der Waals surface area contributed by atoms with Crippen LogP contribution in [0.4, 0.5) is 11.4 Å². The van der Waals surface area contributed by atoms with Crippen LogP contribution in [0.5, 0.6) is 0 Å². The Labute approximate surface area is 172 Å². The van der Waals surface area contributed by atoms with Crippen LogP contribution >= 0.6 is 0 Å². The van der Waals surface area contributed by atoms with Crippen LogP contribution in [0.1, 0.15) is 19.4 Å². The minimum atomic E-state index is -3.54. The first-order valence-electron chi connectivity index (χ1n) is 9.74. The average Bonchev–Trinajstić information content (AvgIpc) is 2.75. The van der Waals surface area contributed by atoms with Crippen LogP contribution in [0, 0.1) is 0 Å². The highest BCUT2D eigenvalue weighted by molar-refractivity contribution is 7.89. The lowest BCUT2D eigenvalue weighted by molar-refractivity contribution is -0.116. The molecule has 1 heterocycles. The summed E-state index contributed by atoms with van der Waals surface area (Å²) in [7, 11) is -3.54. The van der Waals surface area contributed by atoms with Gasteiger partial charge < -0.3 is 15.4 Å². The number of amides is 1. The zero-order valence-electron chi connectivity index (χ0n) is 16.7. The monoisotopic (exact) mass is 417 g/mol. The second-order valence-electron chi connectivity index (χ2n) is 6.95. The summed E-state index contributed by atoms with van der Waals surface area (Å²) in [6, 6.07) is 13.8. The molecule has 1 atom stereocenters. The molecule has 3 rings (SSSR count). The van der Waals surface area contributed by atoms with Crippen molar-refractivity contribution in [2.24, 2.45) is 0 Å². The summed E-state index contributed by atoms with van der Waals surface area (Å²) in [4.78, 5) is 12.7. The van der Waals surface area contributed by atoms with Gasteiger partial charge >= 0.3 is 0 Å². The number of anilines is 2. The minimum absolute atomic E-state index is 0.201. The molecule has 156 valence electrons. The van der Waals surface area contributed by atoms with Crippen molar-refractivity contribution < 1.29 is 17.9 Å². The quantitative estimate of drug-likeness (QED) is 0.723. The van der Waals surface area contributed by atoms with E-state index < -0.39 is 16.1 Å². The number of nitrogens with zero attached hydrogens (tertiary/aromatic N) is 1. The third kappa shape index (κ3) is 5.35. The Hall–Kier alpha value is -2.42. The highest BCUT2D eigenvalue weighted by Gasteiger charge is 2.26. The summed E-state index contributed by atoms with van der Waals surface area (Å²) in [6.07, 6.45) is 0.966. The van der Waals surface area contributed by atoms with Gasteiger partial charge in [-0.1, -0.05) is 19.1 Å². The molecule has 2 aromatic rings. The molecule has 0 aromatic heterocycles. The number of hydrogen-bond donors (Lipinski definition) is 2. The van der Waals surface area contributed by atoms with Crippen LogP contribution in [0.2, 0.25) is 0 Å². The standard InChI is InChI=1S/C21H27N3O4S/c1-3-17-4-6-18(7-5-17)22-16(2)21(25)23-19-8-10-20(11-9-19)29(26,27)24-12-14-28-15-13-24/h4-11,16,22H,3,12-15H2,1-2H3,(H,23,25)/t16-/m1/s1. The molecule has 1 amide bonds. The van der Waals surface area contributed by atoms with Gasteiger partial charge in [-0.25, -0.2) is 8.42 Å². The Balaban J connectivity index is 1.60. The van der Waals surface area contributed by atoms with Crippen LogP contribution in [-0.2, 0) is 26.0 Å². The predicted octanol–water partition coefficient (Wildman–Crippen LogP) is 2.71. The zero-order valence-corrected chi connectivity index (χ0v) is 17.5. The van der Waals surface area contributed by atoms with Crippen LogP contribution in [0.15, 0.2) is 53.4 Å². The number of carbonyl (C=O) groups excluding carboxylic acids is 1. The molecule has 1 aliphatic heterocycles. The highest BCUT2D eigenvalue weighted by atomic mass is 32.2.